The van der Waals surface area contributed by atoms with Crippen LogP contribution >= 0.6 is 0 Å². The molecule has 0 bridgehead atoms. The van der Waals surface area contributed by atoms with Gasteiger partial charge in [0, 0.05) is 18.9 Å². The molecule has 2 amide bonds. The summed E-state index contributed by atoms with van der Waals surface area (Å²) in [6.45, 7) is 2.01. The first-order valence-corrected chi connectivity index (χ1v) is 8.16. The van der Waals surface area contributed by atoms with Gasteiger partial charge in [-0.2, -0.15) is 0 Å². The van der Waals surface area contributed by atoms with Crippen molar-refractivity contribution in [2.24, 2.45) is 12.8 Å². The lowest BCUT2D eigenvalue weighted by atomic mass is 10.1. The third-order valence-corrected chi connectivity index (χ3v) is 4.42. The predicted molar refractivity (Wildman–Crippen MR) is 98.3 cm³/mol. The number of rotatable bonds is 5. The van der Waals surface area contributed by atoms with Gasteiger partial charge in [-0.05, 0) is 24.1 Å². The van der Waals surface area contributed by atoms with Crippen LogP contribution in [0.3, 0.4) is 0 Å². The number of hydrogen-bond acceptors (Lipinski definition) is 2. The zero-order valence-corrected chi connectivity index (χ0v) is 14.3. The van der Waals surface area contributed by atoms with Crippen LogP contribution in [0.25, 0.3) is 10.9 Å². The van der Waals surface area contributed by atoms with E-state index in [0.29, 0.717) is 12.1 Å². The van der Waals surface area contributed by atoms with E-state index in [1.807, 2.05) is 73.1 Å². The summed E-state index contributed by atoms with van der Waals surface area (Å²) >= 11 is 0. The molecule has 0 spiro atoms. The maximum Gasteiger partial charge on any atom is 0.268 e. The molecule has 3 N–H and O–H groups in total. The van der Waals surface area contributed by atoms with Gasteiger partial charge in [0.05, 0.1) is 5.52 Å². The Balaban J connectivity index is 1.86. The van der Waals surface area contributed by atoms with Gasteiger partial charge in [0.25, 0.3) is 5.91 Å². The number of carbonyl (C=O) groups is 2. The Bertz CT molecular complexity index is 929. The molecule has 5 nitrogen and oxygen atoms in total. The van der Waals surface area contributed by atoms with Crippen LogP contribution in [0.1, 0.15) is 21.6 Å². The van der Waals surface area contributed by atoms with Gasteiger partial charge in [0.1, 0.15) is 11.7 Å². The largest absolute Gasteiger partial charge is 0.368 e. The van der Waals surface area contributed by atoms with E-state index in [9.17, 15) is 9.59 Å². The predicted octanol–water partition coefficient (Wildman–Crippen LogP) is 2.31. The monoisotopic (exact) mass is 335 g/mol. The fourth-order valence-corrected chi connectivity index (χ4v) is 3.14. The van der Waals surface area contributed by atoms with Crippen LogP contribution in [0.2, 0.25) is 0 Å². The number of aryl methyl sites for hydroxylation is 2. The SMILES string of the molecule is Cc1cccc2cc(C(=O)N[C@@H](Cc3ccccc3)C(N)=O)n(C)c12. The molecule has 1 aromatic heterocycles. The van der Waals surface area contributed by atoms with Gasteiger partial charge in [-0.15, -0.1) is 0 Å². The van der Waals surface area contributed by atoms with Gasteiger partial charge in [-0.1, -0.05) is 48.5 Å². The van der Waals surface area contributed by atoms with Crippen LogP contribution in [0.4, 0.5) is 0 Å². The Morgan fingerprint density at radius 1 is 1.12 bits per heavy atom. The number of nitrogens with one attached hydrogen (secondary N) is 1. The Hall–Kier alpha value is -3.08. The third-order valence-electron chi connectivity index (χ3n) is 4.42. The molecule has 0 unspecified atom stereocenters. The summed E-state index contributed by atoms with van der Waals surface area (Å²) in [5.74, 6) is -0.857. The van der Waals surface area contributed by atoms with Crippen molar-refractivity contribution in [3.8, 4) is 0 Å². The summed E-state index contributed by atoms with van der Waals surface area (Å²) in [6, 6.07) is 16.5. The van der Waals surface area contributed by atoms with Gasteiger partial charge < -0.3 is 15.6 Å². The minimum absolute atomic E-state index is 0.308. The topological polar surface area (TPSA) is 77.1 Å². The van der Waals surface area contributed by atoms with Crippen LogP contribution in [0, 0.1) is 6.92 Å². The maximum atomic E-state index is 12.7. The average Bonchev–Trinajstić information content (AvgIpc) is 2.93. The summed E-state index contributed by atoms with van der Waals surface area (Å²) in [7, 11) is 1.85. The number of para-hydroxylation sites is 1. The fraction of sp³-hybridized carbons (Fsp3) is 0.200. The summed E-state index contributed by atoms with van der Waals surface area (Å²) in [5, 5.41) is 3.76. The molecule has 0 aliphatic rings. The minimum Gasteiger partial charge on any atom is -0.368 e. The van der Waals surface area contributed by atoms with E-state index >= 15 is 0 Å². The first-order chi connectivity index (χ1) is 12.0. The van der Waals surface area contributed by atoms with Gasteiger partial charge >= 0.3 is 0 Å². The molecular weight excluding hydrogens is 314 g/mol. The van der Waals surface area contributed by atoms with Crippen LogP contribution in [-0.2, 0) is 18.3 Å². The molecule has 5 heteroatoms. The highest BCUT2D eigenvalue weighted by Gasteiger charge is 2.22. The first-order valence-electron chi connectivity index (χ1n) is 8.16. The molecule has 3 rings (SSSR count). The Kier molecular flexibility index (Phi) is 4.57. The van der Waals surface area contributed by atoms with E-state index in [2.05, 4.69) is 5.32 Å². The third kappa shape index (κ3) is 3.40. The molecule has 1 heterocycles. The van der Waals surface area contributed by atoms with E-state index in [-0.39, 0.29) is 5.91 Å². The van der Waals surface area contributed by atoms with E-state index in [0.717, 1.165) is 22.0 Å². The number of hydrogen-bond donors (Lipinski definition) is 2. The zero-order valence-electron chi connectivity index (χ0n) is 14.3. The second kappa shape index (κ2) is 6.81. The van der Waals surface area contributed by atoms with Crippen molar-refractivity contribution in [3.63, 3.8) is 0 Å². The van der Waals surface area contributed by atoms with Gasteiger partial charge in [0.2, 0.25) is 5.91 Å². The number of nitrogens with two attached hydrogens (primary N) is 1. The molecular formula is C20H21N3O2. The lowest BCUT2D eigenvalue weighted by molar-refractivity contribution is -0.119. The lowest BCUT2D eigenvalue weighted by Gasteiger charge is -2.16. The van der Waals surface area contributed by atoms with Crippen LogP contribution in [0.5, 0.6) is 0 Å². The molecule has 3 aromatic rings. The molecule has 25 heavy (non-hydrogen) atoms. The van der Waals surface area contributed by atoms with Crippen LogP contribution in [-0.4, -0.2) is 22.4 Å². The molecule has 1 atom stereocenters. The Morgan fingerprint density at radius 3 is 2.48 bits per heavy atom. The van der Waals surface area contributed by atoms with E-state index in [1.54, 1.807) is 0 Å². The molecule has 0 saturated heterocycles. The quantitative estimate of drug-likeness (QED) is 0.750. The zero-order chi connectivity index (χ0) is 18.0. The second-order valence-corrected chi connectivity index (χ2v) is 6.22. The molecule has 128 valence electrons. The average molecular weight is 335 g/mol. The summed E-state index contributed by atoms with van der Waals surface area (Å²) in [6.07, 6.45) is 0.366. The number of nitrogens with zero attached hydrogens (tertiary/aromatic N) is 1. The van der Waals surface area contributed by atoms with Gasteiger partial charge in [-0.25, -0.2) is 0 Å². The van der Waals surface area contributed by atoms with Crippen molar-refractivity contribution >= 4 is 22.7 Å². The Morgan fingerprint density at radius 2 is 1.84 bits per heavy atom. The number of primary amides is 1. The second-order valence-electron chi connectivity index (χ2n) is 6.22. The standard InChI is InChI=1S/C20H21N3O2/c1-13-7-6-10-15-12-17(23(2)18(13)15)20(25)22-16(19(21)24)11-14-8-4-3-5-9-14/h3-10,12,16H,11H2,1-2H3,(H2,21,24)(H,22,25)/t16-/m0/s1. The molecule has 0 saturated carbocycles. The number of amides is 2. The molecule has 2 aromatic carbocycles. The molecule has 0 radical (unpaired) electrons. The highest BCUT2D eigenvalue weighted by atomic mass is 16.2. The van der Waals surface area contributed by atoms with Gasteiger partial charge in [-0.3, -0.25) is 9.59 Å². The highest BCUT2D eigenvalue weighted by molar-refractivity contribution is 6.01. The lowest BCUT2D eigenvalue weighted by Crippen LogP contribution is -2.46. The number of aromatic nitrogens is 1. The van der Waals surface area contributed by atoms with Crippen LogP contribution in [0.15, 0.2) is 54.6 Å². The summed E-state index contributed by atoms with van der Waals surface area (Å²) in [5.41, 5.74) is 9.03. The first kappa shape index (κ1) is 16.8. The van der Waals surface area contributed by atoms with Gasteiger partial charge in [0.15, 0.2) is 0 Å². The molecule has 0 aliphatic heterocycles. The minimum atomic E-state index is -0.756. The van der Waals surface area contributed by atoms with E-state index < -0.39 is 11.9 Å². The molecule has 0 fully saturated rings. The van der Waals surface area contributed by atoms with Crippen molar-refractivity contribution < 1.29 is 9.59 Å². The molecule has 0 aliphatic carbocycles. The van der Waals surface area contributed by atoms with E-state index in [4.69, 9.17) is 5.73 Å². The van der Waals surface area contributed by atoms with E-state index in [1.165, 1.54) is 0 Å². The van der Waals surface area contributed by atoms with Crippen molar-refractivity contribution in [2.45, 2.75) is 19.4 Å². The smallest absolute Gasteiger partial charge is 0.268 e. The van der Waals surface area contributed by atoms with Crippen molar-refractivity contribution in [1.82, 2.24) is 9.88 Å². The van der Waals surface area contributed by atoms with Crippen molar-refractivity contribution in [2.75, 3.05) is 0 Å². The number of carbonyl (C=O) groups excluding carboxylic acids is 2. The van der Waals surface area contributed by atoms with Crippen molar-refractivity contribution in [1.29, 1.82) is 0 Å². The summed E-state index contributed by atoms with van der Waals surface area (Å²) < 4.78 is 1.85. The maximum absolute atomic E-state index is 12.7. The number of fused-ring (bicyclic) bond motifs is 1. The van der Waals surface area contributed by atoms with Crippen molar-refractivity contribution in [3.05, 3.63) is 71.4 Å². The fourth-order valence-electron chi connectivity index (χ4n) is 3.14. The summed E-state index contributed by atoms with van der Waals surface area (Å²) in [4.78, 5) is 24.5. The van der Waals surface area contributed by atoms with Crippen LogP contribution < -0.4 is 11.1 Å². The normalized spacial score (nSPS) is 12.1. The highest BCUT2D eigenvalue weighted by Crippen LogP contribution is 2.22. The Labute approximate surface area is 146 Å². The number of benzene rings is 2.